The van der Waals surface area contributed by atoms with E-state index < -0.39 is 0 Å². The Kier molecular flexibility index (Phi) is 6.80. The molecule has 6 nitrogen and oxygen atoms in total. The molecule has 0 saturated heterocycles. The number of rotatable bonds is 9. The summed E-state index contributed by atoms with van der Waals surface area (Å²) < 4.78 is 2.14. The molecule has 2 aromatic carbocycles. The van der Waals surface area contributed by atoms with Gasteiger partial charge in [-0.1, -0.05) is 36.4 Å². The molecule has 32 heavy (non-hydrogen) atoms. The van der Waals surface area contributed by atoms with Crippen LogP contribution in [0.5, 0.6) is 0 Å². The maximum absolute atomic E-state index is 12.5. The Morgan fingerprint density at radius 2 is 1.72 bits per heavy atom. The summed E-state index contributed by atoms with van der Waals surface area (Å²) in [7, 11) is 0. The number of hydrogen-bond acceptors (Lipinski definition) is 4. The number of benzene rings is 2. The van der Waals surface area contributed by atoms with Crippen molar-refractivity contribution in [3.63, 3.8) is 0 Å². The van der Waals surface area contributed by atoms with Gasteiger partial charge in [0.15, 0.2) is 0 Å². The van der Waals surface area contributed by atoms with Crippen LogP contribution in [0.2, 0.25) is 0 Å². The first-order valence-electron chi connectivity index (χ1n) is 11.2. The molecule has 4 rings (SSSR count). The first-order valence-corrected chi connectivity index (χ1v) is 11.2. The fourth-order valence-electron chi connectivity index (χ4n) is 3.88. The van der Waals surface area contributed by atoms with Crippen molar-refractivity contribution >= 4 is 22.8 Å². The van der Waals surface area contributed by atoms with Crippen LogP contribution >= 0.6 is 0 Å². The van der Waals surface area contributed by atoms with E-state index in [2.05, 4.69) is 51.8 Å². The normalized spacial score (nSPS) is 10.9. The second-order valence-electron chi connectivity index (χ2n) is 7.66. The minimum atomic E-state index is 0.00415. The largest absolute Gasteiger partial charge is 0.357 e. The number of aryl methyl sites for hydroxylation is 1. The number of para-hydroxylation sites is 3. The van der Waals surface area contributed by atoms with Crippen LogP contribution in [-0.4, -0.2) is 33.5 Å². The van der Waals surface area contributed by atoms with Gasteiger partial charge in [-0.2, -0.15) is 0 Å². The molecule has 0 atom stereocenters. The Morgan fingerprint density at radius 3 is 2.44 bits per heavy atom. The lowest BCUT2D eigenvalue weighted by Gasteiger charge is -2.19. The van der Waals surface area contributed by atoms with Gasteiger partial charge in [-0.05, 0) is 49.7 Å². The summed E-state index contributed by atoms with van der Waals surface area (Å²) in [5, 5.41) is 3.01. The number of amides is 1. The summed E-state index contributed by atoms with van der Waals surface area (Å²) >= 11 is 0. The van der Waals surface area contributed by atoms with Crippen LogP contribution in [0.25, 0.3) is 16.7 Å². The predicted octanol–water partition coefficient (Wildman–Crippen LogP) is 4.52. The molecule has 0 bridgehead atoms. The first kappa shape index (κ1) is 21.6. The van der Waals surface area contributed by atoms with Crippen LogP contribution in [0, 0.1) is 0 Å². The van der Waals surface area contributed by atoms with E-state index in [1.54, 1.807) is 0 Å². The summed E-state index contributed by atoms with van der Waals surface area (Å²) in [6.07, 6.45) is 2.78. The Morgan fingerprint density at radius 1 is 0.969 bits per heavy atom. The number of imidazole rings is 1. The molecule has 2 heterocycles. The summed E-state index contributed by atoms with van der Waals surface area (Å²) in [6.45, 7) is 6.55. The predicted molar refractivity (Wildman–Crippen MR) is 129 cm³/mol. The van der Waals surface area contributed by atoms with Gasteiger partial charge in [0.2, 0.25) is 5.91 Å². The molecular formula is C26H29N5O. The van der Waals surface area contributed by atoms with Crippen LogP contribution in [0.1, 0.15) is 31.7 Å². The summed E-state index contributed by atoms with van der Waals surface area (Å²) in [5.41, 5.74) is 4.03. The van der Waals surface area contributed by atoms with Crippen LogP contribution in [0.4, 0.5) is 5.82 Å². The standard InChI is InChI=1S/C26H29N5O/c1-3-30(4-2)24-15-14-20(18-27-24)19-28-26(32)17-16-25-29-22-12-8-9-13-23(22)31(25)21-10-6-5-7-11-21/h5-15,18H,3-4,16-17,19H2,1-2H3,(H,28,32). The molecule has 0 fully saturated rings. The number of aromatic nitrogens is 3. The second kappa shape index (κ2) is 10.1. The molecule has 0 spiro atoms. The molecule has 164 valence electrons. The van der Waals surface area contributed by atoms with Crippen LogP contribution in [-0.2, 0) is 17.8 Å². The zero-order chi connectivity index (χ0) is 22.3. The zero-order valence-electron chi connectivity index (χ0n) is 18.7. The summed E-state index contributed by atoms with van der Waals surface area (Å²) in [6, 6.07) is 22.3. The number of carbonyl (C=O) groups is 1. The van der Waals surface area contributed by atoms with Gasteiger partial charge in [-0.15, -0.1) is 0 Å². The highest BCUT2D eigenvalue weighted by Crippen LogP contribution is 2.22. The molecule has 0 saturated carbocycles. The van der Waals surface area contributed by atoms with E-state index in [1.165, 1.54) is 0 Å². The lowest BCUT2D eigenvalue weighted by molar-refractivity contribution is -0.121. The maximum atomic E-state index is 12.5. The lowest BCUT2D eigenvalue weighted by Crippen LogP contribution is -2.24. The third-order valence-electron chi connectivity index (χ3n) is 5.61. The number of pyridine rings is 1. The SMILES string of the molecule is CCN(CC)c1ccc(CNC(=O)CCc2nc3ccccc3n2-c2ccccc2)cn1. The van der Waals surface area contributed by atoms with Gasteiger partial charge in [0.25, 0.3) is 0 Å². The van der Waals surface area contributed by atoms with E-state index in [0.717, 1.165) is 47.0 Å². The third kappa shape index (κ3) is 4.80. The first-order chi connectivity index (χ1) is 15.7. The van der Waals surface area contributed by atoms with Crippen molar-refractivity contribution in [2.75, 3.05) is 18.0 Å². The van der Waals surface area contributed by atoms with Crippen LogP contribution in [0.15, 0.2) is 72.9 Å². The van der Waals surface area contributed by atoms with Crippen LogP contribution < -0.4 is 10.2 Å². The quantitative estimate of drug-likeness (QED) is 0.427. The van der Waals surface area contributed by atoms with Crippen LogP contribution in [0.3, 0.4) is 0 Å². The van der Waals surface area contributed by atoms with Crippen molar-refractivity contribution in [2.24, 2.45) is 0 Å². The van der Waals surface area contributed by atoms with Gasteiger partial charge in [0.05, 0.1) is 11.0 Å². The minimum Gasteiger partial charge on any atom is -0.357 e. The van der Waals surface area contributed by atoms with Crippen molar-refractivity contribution in [2.45, 2.75) is 33.2 Å². The van der Waals surface area contributed by atoms with E-state index in [0.29, 0.717) is 19.4 Å². The van der Waals surface area contributed by atoms with Gasteiger partial charge in [0.1, 0.15) is 11.6 Å². The van der Waals surface area contributed by atoms with E-state index in [-0.39, 0.29) is 5.91 Å². The molecule has 0 aliphatic rings. The van der Waals surface area contributed by atoms with Gasteiger partial charge >= 0.3 is 0 Å². The average Bonchev–Trinajstić information content (AvgIpc) is 3.22. The Bertz CT molecular complexity index is 1160. The summed E-state index contributed by atoms with van der Waals surface area (Å²) in [5.74, 6) is 1.85. The monoisotopic (exact) mass is 427 g/mol. The number of carbonyl (C=O) groups excluding carboxylic acids is 1. The van der Waals surface area contributed by atoms with Crippen molar-refractivity contribution in [1.82, 2.24) is 19.9 Å². The highest BCUT2D eigenvalue weighted by molar-refractivity contribution is 5.79. The molecule has 0 unspecified atom stereocenters. The molecule has 6 heteroatoms. The van der Waals surface area contributed by atoms with Gasteiger partial charge < -0.3 is 10.2 Å². The lowest BCUT2D eigenvalue weighted by atomic mass is 10.2. The molecule has 1 amide bonds. The zero-order valence-corrected chi connectivity index (χ0v) is 18.7. The Labute approximate surface area is 188 Å². The highest BCUT2D eigenvalue weighted by atomic mass is 16.1. The van der Waals surface area contributed by atoms with Crippen molar-refractivity contribution in [1.29, 1.82) is 0 Å². The number of nitrogens with one attached hydrogen (secondary N) is 1. The Hall–Kier alpha value is -3.67. The van der Waals surface area contributed by atoms with Gasteiger partial charge in [-0.3, -0.25) is 9.36 Å². The van der Waals surface area contributed by atoms with Crippen molar-refractivity contribution in [3.8, 4) is 5.69 Å². The number of anilines is 1. The molecule has 4 aromatic rings. The molecule has 1 N–H and O–H groups in total. The molecule has 2 aromatic heterocycles. The highest BCUT2D eigenvalue weighted by Gasteiger charge is 2.13. The van der Waals surface area contributed by atoms with Gasteiger partial charge in [0, 0.05) is 44.4 Å². The van der Waals surface area contributed by atoms with Gasteiger partial charge in [-0.25, -0.2) is 9.97 Å². The molecule has 0 radical (unpaired) electrons. The molecule has 0 aliphatic carbocycles. The number of hydrogen-bond donors (Lipinski definition) is 1. The minimum absolute atomic E-state index is 0.00415. The van der Waals surface area contributed by atoms with E-state index in [9.17, 15) is 4.79 Å². The fourth-order valence-corrected chi connectivity index (χ4v) is 3.88. The molecule has 0 aliphatic heterocycles. The van der Waals surface area contributed by atoms with E-state index in [4.69, 9.17) is 4.98 Å². The third-order valence-corrected chi connectivity index (χ3v) is 5.61. The average molecular weight is 428 g/mol. The Balaban J connectivity index is 1.40. The fraction of sp³-hybridized carbons (Fsp3) is 0.269. The molecular weight excluding hydrogens is 398 g/mol. The van der Waals surface area contributed by atoms with Crippen molar-refractivity contribution < 1.29 is 4.79 Å². The second-order valence-corrected chi connectivity index (χ2v) is 7.66. The topological polar surface area (TPSA) is 63.1 Å². The summed E-state index contributed by atoms with van der Waals surface area (Å²) in [4.78, 5) is 24.1. The maximum Gasteiger partial charge on any atom is 0.220 e. The van der Waals surface area contributed by atoms with E-state index >= 15 is 0 Å². The smallest absolute Gasteiger partial charge is 0.220 e. The number of nitrogens with zero attached hydrogens (tertiary/aromatic N) is 4. The van der Waals surface area contributed by atoms with Crippen molar-refractivity contribution in [3.05, 3.63) is 84.3 Å². The van der Waals surface area contributed by atoms with E-state index in [1.807, 2.05) is 54.7 Å². The number of fused-ring (bicyclic) bond motifs is 1.